The number of aryl methyl sites for hydroxylation is 2. The van der Waals surface area contributed by atoms with E-state index in [9.17, 15) is 18.0 Å². The number of amides is 2. The fraction of sp³-hybridized carbons (Fsp3) is 0.200. The molecular formula is C25H27N3O5S. The van der Waals surface area contributed by atoms with Crippen LogP contribution in [0.1, 0.15) is 18.1 Å². The van der Waals surface area contributed by atoms with Gasteiger partial charge in [-0.1, -0.05) is 17.7 Å². The number of sulfonamides is 1. The van der Waals surface area contributed by atoms with E-state index in [0.717, 1.165) is 15.4 Å². The number of hydrogen-bond donors (Lipinski definition) is 2. The van der Waals surface area contributed by atoms with Crippen molar-refractivity contribution in [3.05, 3.63) is 77.9 Å². The van der Waals surface area contributed by atoms with Gasteiger partial charge in [-0.3, -0.25) is 13.9 Å². The maximum Gasteiger partial charge on any atom is 0.264 e. The summed E-state index contributed by atoms with van der Waals surface area (Å²) in [6.07, 6.45) is 0. The first-order valence-corrected chi connectivity index (χ1v) is 12.0. The third-order valence-corrected chi connectivity index (χ3v) is 6.85. The van der Waals surface area contributed by atoms with E-state index in [2.05, 4.69) is 10.6 Å². The van der Waals surface area contributed by atoms with Crippen molar-refractivity contribution in [1.82, 2.24) is 0 Å². The van der Waals surface area contributed by atoms with E-state index in [0.29, 0.717) is 22.8 Å². The molecule has 178 valence electrons. The third kappa shape index (κ3) is 5.93. The molecule has 0 spiro atoms. The highest BCUT2D eigenvalue weighted by Gasteiger charge is 2.27. The molecule has 34 heavy (non-hydrogen) atoms. The summed E-state index contributed by atoms with van der Waals surface area (Å²) in [5.41, 5.74) is 3.32. The highest BCUT2D eigenvalue weighted by atomic mass is 32.2. The minimum Gasteiger partial charge on any atom is -0.497 e. The van der Waals surface area contributed by atoms with E-state index in [1.807, 2.05) is 26.0 Å². The van der Waals surface area contributed by atoms with Gasteiger partial charge < -0.3 is 15.4 Å². The van der Waals surface area contributed by atoms with Crippen LogP contribution in [0.3, 0.4) is 0 Å². The molecule has 3 aromatic rings. The third-order valence-electron chi connectivity index (χ3n) is 5.07. The number of carbonyl (C=O) groups excluding carboxylic acids is 2. The van der Waals surface area contributed by atoms with Gasteiger partial charge in [0.2, 0.25) is 11.8 Å². The molecule has 3 rings (SSSR count). The lowest BCUT2D eigenvalue weighted by atomic mass is 10.1. The summed E-state index contributed by atoms with van der Waals surface area (Å²) in [5, 5.41) is 5.40. The fourth-order valence-corrected chi connectivity index (χ4v) is 4.80. The molecular weight excluding hydrogens is 454 g/mol. The first kappa shape index (κ1) is 24.8. The Hall–Kier alpha value is -3.85. The van der Waals surface area contributed by atoms with E-state index in [-0.39, 0.29) is 10.8 Å². The number of hydrogen-bond acceptors (Lipinski definition) is 5. The van der Waals surface area contributed by atoms with E-state index < -0.39 is 22.5 Å². The van der Waals surface area contributed by atoms with Gasteiger partial charge in [-0.25, -0.2) is 8.42 Å². The van der Waals surface area contributed by atoms with Gasteiger partial charge in [-0.05, 0) is 74.0 Å². The molecule has 0 bridgehead atoms. The number of anilines is 3. The van der Waals surface area contributed by atoms with Crippen LogP contribution in [0.5, 0.6) is 5.75 Å². The molecule has 9 heteroatoms. The second-order valence-electron chi connectivity index (χ2n) is 7.78. The molecule has 0 aliphatic heterocycles. The first-order chi connectivity index (χ1) is 16.1. The fourth-order valence-electron chi connectivity index (χ4n) is 3.38. The van der Waals surface area contributed by atoms with E-state index in [1.54, 1.807) is 30.3 Å². The quantitative estimate of drug-likeness (QED) is 0.504. The summed E-state index contributed by atoms with van der Waals surface area (Å²) in [4.78, 5) is 24.2. The summed E-state index contributed by atoms with van der Waals surface area (Å²) in [6.45, 7) is 4.75. The van der Waals surface area contributed by atoms with Gasteiger partial charge in [-0.2, -0.15) is 0 Å². The number of nitrogens with zero attached hydrogens (tertiary/aromatic N) is 1. The molecule has 0 aliphatic rings. The highest BCUT2D eigenvalue weighted by Crippen LogP contribution is 2.27. The minimum absolute atomic E-state index is 0.0169. The smallest absolute Gasteiger partial charge is 0.264 e. The molecule has 0 aliphatic carbocycles. The van der Waals surface area contributed by atoms with Gasteiger partial charge in [-0.15, -0.1) is 0 Å². The van der Waals surface area contributed by atoms with Crippen molar-refractivity contribution in [2.45, 2.75) is 25.7 Å². The molecule has 0 saturated carbocycles. The molecule has 3 aromatic carbocycles. The van der Waals surface area contributed by atoms with Crippen LogP contribution in [0.2, 0.25) is 0 Å². The summed E-state index contributed by atoms with van der Waals surface area (Å²) < 4.78 is 33.3. The Bertz CT molecular complexity index is 1290. The lowest BCUT2D eigenvalue weighted by Gasteiger charge is -2.24. The van der Waals surface area contributed by atoms with Gasteiger partial charge >= 0.3 is 0 Å². The molecule has 0 aromatic heterocycles. The Kier molecular flexibility index (Phi) is 7.57. The first-order valence-electron chi connectivity index (χ1n) is 10.5. The summed E-state index contributed by atoms with van der Waals surface area (Å²) in [6, 6.07) is 17.8. The molecule has 0 radical (unpaired) electrons. The monoisotopic (exact) mass is 481 g/mol. The Balaban J connectivity index is 1.93. The maximum atomic E-state index is 13.5. The minimum atomic E-state index is -4.10. The molecule has 8 nitrogen and oxygen atoms in total. The SMILES string of the molecule is COc1ccc(N(CC(=O)Nc2ccc(C)cc2C)S(=O)(=O)c2ccc(NC(C)=O)cc2)cc1. The second kappa shape index (κ2) is 10.4. The van der Waals surface area contributed by atoms with Gasteiger partial charge in [0.05, 0.1) is 17.7 Å². The van der Waals surface area contributed by atoms with Crippen LogP contribution in [0, 0.1) is 13.8 Å². The Morgan fingerprint density at radius 3 is 2.12 bits per heavy atom. The van der Waals surface area contributed by atoms with Crippen LogP contribution < -0.4 is 19.7 Å². The Morgan fingerprint density at radius 2 is 1.56 bits per heavy atom. The van der Waals surface area contributed by atoms with E-state index in [1.165, 1.54) is 38.3 Å². The van der Waals surface area contributed by atoms with Gasteiger partial charge in [0.1, 0.15) is 12.3 Å². The van der Waals surface area contributed by atoms with Gasteiger partial charge in [0.25, 0.3) is 10.0 Å². The molecule has 2 N–H and O–H groups in total. The van der Waals surface area contributed by atoms with Crippen molar-refractivity contribution in [3.8, 4) is 5.75 Å². The van der Waals surface area contributed by atoms with Crippen LogP contribution in [0.25, 0.3) is 0 Å². The van der Waals surface area contributed by atoms with Gasteiger partial charge in [0, 0.05) is 18.3 Å². The normalized spacial score (nSPS) is 10.9. The predicted molar refractivity (Wildman–Crippen MR) is 133 cm³/mol. The Labute approximate surface area is 199 Å². The Morgan fingerprint density at radius 1 is 0.912 bits per heavy atom. The number of rotatable bonds is 8. The van der Waals surface area contributed by atoms with Crippen molar-refractivity contribution < 1.29 is 22.7 Å². The number of ether oxygens (including phenoxy) is 1. The van der Waals surface area contributed by atoms with Gasteiger partial charge in [0.15, 0.2) is 0 Å². The van der Waals surface area contributed by atoms with Crippen molar-refractivity contribution >= 4 is 38.9 Å². The number of methoxy groups -OCH3 is 1. The van der Waals surface area contributed by atoms with Crippen molar-refractivity contribution in [3.63, 3.8) is 0 Å². The zero-order valence-corrected chi connectivity index (χ0v) is 20.3. The average Bonchev–Trinajstić information content (AvgIpc) is 2.79. The largest absolute Gasteiger partial charge is 0.497 e. The van der Waals surface area contributed by atoms with Crippen LogP contribution in [-0.4, -0.2) is 33.9 Å². The van der Waals surface area contributed by atoms with Crippen molar-refractivity contribution in [2.24, 2.45) is 0 Å². The summed E-state index contributed by atoms with van der Waals surface area (Å²) >= 11 is 0. The molecule has 0 atom stereocenters. The van der Waals surface area contributed by atoms with Crippen LogP contribution >= 0.6 is 0 Å². The standard InChI is InChI=1S/C25H27N3O5S/c1-17-5-14-24(18(2)15-17)27-25(30)16-28(21-8-10-22(33-4)11-9-21)34(31,32)23-12-6-20(7-13-23)26-19(3)29/h5-15H,16H2,1-4H3,(H,26,29)(H,27,30). The van der Waals surface area contributed by atoms with E-state index >= 15 is 0 Å². The van der Waals surface area contributed by atoms with Crippen molar-refractivity contribution in [2.75, 3.05) is 28.6 Å². The molecule has 0 fully saturated rings. The summed E-state index contributed by atoms with van der Waals surface area (Å²) in [7, 11) is -2.59. The second-order valence-corrected chi connectivity index (χ2v) is 9.64. The topological polar surface area (TPSA) is 105 Å². The number of carbonyl (C=O) groups is 2. The zero-order valence-electron chi connectivity index (χ0n) is 19.5. The lowest BCUT2D eigenvalue weighted by molar-refractivity contribution is -0.115. The zero-order chi connectivity index (χ0) is 24.9. The van der Waals surface area contributed by atoms with Crippen molar-refractivity contribution in [1.29, 1.82) is 0 Å². The van der Waals surface area contributed by atoms with E-state index in [4.69, 9.17) is 4.74 Å². The summed E-state index contributed by atoms with van der Waals surface area (Å²) in [5.74, 6) is -0.194. The van der Waals surface area contributed by atoms with Crippen LogP contribution in [-0.2, 0) is 19.6 Å². The highest BCUT2D eigenvalue weighted by molar-refractivity contribution is 7.92. The predicted octanol–water partition coefficient (Wildman–Crippen LogP) is 4.10. The average molecular weight is 482 g/mol. The maximum absolute atomic E-state index is 13.5. The number of nitrogens with one attached hydrogen (secondary N) is 2. The molecule has 0 saturated heterocycles. The molecule has 0 heterocycles. The lowest BCUT2D eigenvalue weighted by Crippen LogP contribution is -2.38. The van der Waals surface area contributed by atoms with Crippen LogP contribution in [0.4, 0.5) is 17.1 Å². The number of benzene rings is 3. The molecule has 0 unspecified atom stereocenters. The molecule has 2 amide bonds. The van der Waals surface area contributed by atoms with Crippen LogP contribution in [0.15, 0.2) is 71.6 Å².